The van der Waals surface area contributed by atoms with E-state index >= 15 is 0 Å². The molecule has 0 spiro atoms. The van der Waals surface area contributed by atoms with Gasteiger partial charge in [-0.25, -0.2) is 0 Å². The molecule has 0 amide bonds. The van der Waals surface area contributed by atoms with Crippen molar-refractivity contribution in [1.29, 1.82) is 0 Å². The standard InChI is InChI=1S/C29H28O10/c1-19-4-13-24(38-28(32)16-14-26(30)36-22-9-5-20(34-2)6-10-22)25(18-19)39-29(33)17-15-27(31)37-23-11-7-21(35-3)8-12-23/h4-13,18H,14-17H2,1-3H3. The molecular weight excluding hydrogens is 508 g/mol. The average Bonchev–Trinajstić information content (AvgIpc) is 2.93. The maximum Gasteiger partial charge on any atom is 0.311 e. The molecule has 3 aromatic carbocycles. The van der Waals surface area contributed by atoms with Crippen LogP contribution in [-0.4, -0.2) is 38.1 Å². The van der Waals surface area contributed by atoms with Crippen LogP contribution in [0, 0.1) is 6.92 Å². The van der Waals surface area contributed by atoms with E-state index in [2.05, 4.69) is 0 Å². The lowest BCUT2D eigenvalue weighted by molar-refractivity contribution is -0.141. The Labute approximate surface area is 225 Å². The Kier molecular flexibility index (Phi) is 10.4. The zero-order valence-electron chi connectivity index (χ0n) is 21.8. The third-order valence-corrected chi connectivity index (χ3v) is 5.20. The van der Waals surface area contributed by atoms with E-state index in [0.717, 1.165) is 5.56 Å². The van der Waals surface area contributed by atoms with Crippen LogP contribution >= 0.6 is 0 Å². The van der Waals surface area contributed by atoms with E-state index in [1.165, 1.54) is 26.4 Å². The van der Waals surface area contributed by atoms with Crippen LogP contribution in [0.25, 0.3) is 0 Å². The molecule has 0 bridgehead atoms. The zero-order valence-corrected chi connectivity index (χ0v) is 21.8. The van der Waals surface area contributed by atoms with Crippen molar-refractivity contribution in [3.05, 3.63) is 72.3 Å². The van der Waals surface area contributed by atoms with E-state index in [0.29, 0.717) is 23.0 Å². The van der Waals surface area contributed by atoms with Gasteiger partial charge in [0.2, 0.25) is 0 Å². The van der Waals surface area contributed by atoms with Crippen molar-refractivity contribution in [3.8, 4) is 34.5 Å². The molecule has 3 aromatic rings. The molecule has 0 saturated carbocycles. The van der Waals surface area contributed by atoms with E-state index in [1.807, 2.05) is 0 Å². The second kappa shape index (κ2) is 14.2. The lowest BCUT2D eigenvalue weighted by Gasteiger charge is -2.11. The smallest absolute Gasteiger partial charge is 0.311 e. The van der Waals surface area contributed by atoms with Gasteiger partial charge in [0.1, 0.15) is 23.0 Å². The molecular formula is C29H28O10. The van der Waals surface area contributed by atoms with Crippen LogP contribution in [0.3, 0.4) is 0 Å². The molecule has 0 radical (unpaired) electrons. The Balaban J connectivity index is 1.47. The minimum atomic E-state index is -0.717. The van der Waals surface area contributed by atoms with Gasteiger partial charge in [0.15, 0.2) is 11.5 Å². The van der Waals surface area contributed by atoms with Gasteiger partial charge >= 0.3 is 23.9 Å². The lowest BCUT2D eigenvalue weighted by atomic mass is 10.2. The average molecular weight is 537 g/mol. The van der Waals surface area contributed by atoms with Gasteiger partial charge in [-0.2, -0.15) is 0 Å². The third kappa shape index (κ3) is 9.51. The van der Waals surface area contributed by atoms with Gasteiger partial charge in [0, 0.05) is 0 Å². The fraction of sp³-hybridized carbons (Fsp3) is 0.241. The number of aryl methyl sites for hydroxylation is 1. The Hall–Kier alpha value is -4.86. The SMILES string of the molecule is COc1ccc(OC(=O)CCC(=O)Oc2ccc(C)cc2OC(=O)CCC(=O)Oc2ccc(OC)cc2)cc1. The second-order valence-electron chi connectivity index (χ2n) is 8.20. The number of hydrogen-bond donors (Lipinski definition) is 0. The van der Waals surface area contributed by atoms with E-state index < -0.39 is 23.9 Å². The molecule has 204 valence electrons. The first kappa shape index (κ1) is 28.7. The summed E-state index contributed by atoms with van der Waals surface area (Å²) in [4.78, 5) is 48.9. The van der Waals surface area contributed by atoms with Gasteiger partial charge in [-0.1, -0.05) is 6.07 Å². The van der Waals surface area contributed by atoms with Gasteiger partial charge in [0.25, 0.3) is 0 Å². The van der Waals surface area contributed by atoms with Crippen molar-refractivity contribution in [1.82, 2.24) is 0 Å². The first-order valence-electron chi connectivity index (χ1n) is 12.0. The summed E-state index contributed by atoms with van der Waals surface area (Å²) in [6.45, 7) is 1.77. The molecule has 39 heavy (non-hydrogen) atoms. The van der Waals surface area contributed by atoms with Crippen molar-refractivity contribution in [2.24, 2.45) is 0 Å². The first-order chi connectivity index (χ1) is 18.7. The fourth-order valence-corrected chi connectivity index (χ4v) is 3.19. The molecule has 0 atom stereocenters. The van der Waals surface area contributed by atoms with Gasteiger partial charge in [-0.3, -0.25) is 19.2 Å². The first-order valence-corrected chi connectivity index (χ1v) is 12.0. The van der Waals surface area contributed by atoms with Crippen LogP contribution in [0.15, 0.2) is 66.7 Å². The molecule has 0 fully saturated rings. The fourth-order valence-electron chi connectivity index (χ4n) is 3.19. The molecule has 0 aliphatic carbocycles. The highest BCUT2D eigenvalue weighted by atomic mass is 16.6. The topological polar surface area (TPSA) is 124 Å². The monoisotopic (exact) mass is 536 g/mol. The minimum Gasteiger partial charge on any atom is -0.497 e. The molecule has 0 unspecified atom stereocenters. The van der Waals surface area contributed by atoms with Gasteiger partial charge in [0.05, 0.1) is 39.9 Å². The lowest BCUT2D eigenvalue weighted by Crippen LogP contribution is -2.16. The summed E-state index contributed by atoms with van der Waals surface area (Å²) in [5.74, 6) is -0.795. The molecule has 0 aliphatic rings. The van der Waals surface area contributed by atoms with Gasteiger partial charge < -0.3 is 28.4 Å². The summed E-state index contributed by atoms with van der Waals surface area (Å²) in [6.07, 6.45) is -0.953. The Morgan fingerprint density at radius 2 is 0.846 bits per heavy atom. The third-order valence-electron chi connectivity index (χ3n) is 5.20. The highest BCUT2D eigenvalue weighted by molar-refractivity contribution is 5.82. The number of carbonyl (C=O) groups is 4. The Morgan fingerprint density at radius 1 is 0.487 bits per heavy atom. The highest BCUT2D eigenvalue weighted by Crippen LogP contribution is 2.29. The van der Waals surface area contributed by atoms with Crippen molar-refractivity contribution in [2.75, 3.05) is 14.2 Å². The maximum absolute atomic E-state index is 12.4. The zero-order chi connectivity index (χ0) is 28.2. The Morgan fingerprint density at radius 3 is 1.26 bits per heavy atom. The number of benzene rings is 3. The van der Waals surface area contributed by atoms with Crippen LogP contribution in [0.5, 0.6) is 34.5 Å². The van der Waals surface area contributed by atoms with Gasteiger partial charge in [-0.15, -0.1) is 0 Å². The summed E-state index contributed by atoms with van der Waals surface area (Å²) in [6, 6.07) is 17.5. The molecule has 0 aromatic heterocycles. The maximum atomic E-state index is 12.4. The van der Waals surface area contributed by atoms with Crippen LogP contribution in [0.1, 0.15) is 31.2 Å². The predicted molar refractivity (Wildman–Crippen MR) is 138 cm³/mol. The van der Waals surface area contributed by atoms with Crippen LogP contribution in [0.2, 0.25) is 0 Å². The Bertz CT molecular complexity index is 1300. The van der Waals surface area contributed by atoms with E-state index in [1.54, 1.807) is 61.5 Å². The van der Waals surface area contributed by atoms with E-state index in [4.69, 9.17) is 28.4 Å². The quantitative estimate of drug-likeness (QED) is 0.240. The minimum absolute atomic E-state index is 0.00304. The second-order valence-corrected chi connectivity index (χ2v) is 8.20. The van der Waals surface area contributed by atoms with Crippen LogP contribution < -0.4 is 28.4 Å². The number of hydrogen-bond acceptors (Lipinski definition) is 10. The highest BCUT2D eigenvalue weighted by Gasteiger charge is 2.17. The van der Waals surface area contributed by atoms with Crippen LogP contribution in [0.4, 0.5) is 0 Å². The van der Waals surface area contributed by atoms with Crippen molar-refractivity contribution < 1.29 is 47.6 Å². The number of rotatable bonds is 12. The van der Waals surface area contributed by atoms with Gasteiger partial charge in [-0.05, 0) is 73.2 Å². The summed E-state index contributed by atoms with van der Waals surface area (Å²) in [5, 5.41) is 0. The molecule has 10 heteroatoms. The van der Waals surface area contributed by atoms with Crippen molar-refractivity contribution in [3.63, 3.8) is 0 Å². The summed E-state index contributed by atoms with van der Waals surface area (Å²) in [5.41, 5.74) is 0.750. The van der Waals surface area contributed by atoms with E-state index in [9.17, 15) is 19.2 Å². The van der Waals surface area contributed by atoms with Crippen molar-refractivity contribution >= 4 is 23.9 Å². The summed E-state index contributed by atoms with van der Waals surface area (Å²) < 4.78 is 31.1. The molecule has 10 nitrogen and oxygen atoms in total. The number of methoxy groups -OCH3 is 2. The molecule has 0 heterocycles. The molecule has 0 saturated heterocycles. The molecule has 0 aliphatic heterocycles. The number of carbonyl (C=O) groups excluding carboxylic acids is 4. The molecule has 3 rings (SSSR count). The predicted octanol–water partition coefficient (Wildman–Crippen LogP) is 4.59. The van der Waals surface area contributed by atoms with Crippen LogP contribution in [-0.2, 0) is 19.2 Å². The summed E-state index contributed by atoms with van der Waals surface area (Å²) in [7, 11) is 3.04. The largest absolute Gasteiger partial charge is 0.497 e. The van der Waals surface area contributed by atoms with Crippen molar-refractivity contribution in [2.45, 2.75) is 32.6 Å². The van der Waals surface area contributed by atoms with E-state index in [-0.39, 0.29) is 37.2 Å². The molecule has 0 N–H and O–H groups in total. The number of esters is 4. The normalized spacial score (nSPS) is 10.2. The number of ether oxygens (including phenoxy) is 6. The summed E-state index contributed by atoms with van der Waals surface area (Å²) >= 11 is 0.